The molecule has 1 heterocycles. The summed E-state index contributed by atoms with van der Waals surface area (Å²) in [5.74, 6) is 0.431. The maximum Gasteiger partial charge on any atom is 0.422 e. The zero-order valence-corrected chi connectivity index (χ0v) is 14.2. The average Bonchev–Trinajstić information content (AvgIpc) is 2.53. The van der Waals surface area contributed by atoms with Crippen LogP contribution in [0.4, 0.5) is 13.2 Å². The summed E-state index contributed by atoms with van der Waals surface area (Å²) in [4.78, 5) is 7.89. The molecule has 136 valence electrons. The van der Waals surface area contributed by atoms with E-state index in [-0.39, 0.29) is 18.0 Å². The van der Waals surface area contributed by atoms with Crippen molar-refractivity contribution < 1.29 is 22.6 Å². The lowest BCUT2D eigenvalue weighted by atomic mass is 10.1. The third-order valence-electron chi connectivity index (χ3n) is 3.13. The van der Waals surface area contributed by atoms with Crippen molar-refractivity contribution in [3.05, 3.63) is 23.9 Å². The lowest BCUT2D eigenvalue weighted by Gasteiger charge is -2.24. The molecule has 0 amide bonds. The maximum absolute atomic E-state index is 12.3. The van der Waals surface area contributed by atoms with Crippen LogP contribution in [0.3, 0.4) is 0 Å². The van der Waals surface area contributed by atoms with Gasteiger partial charge in [0.05, 0.1) is 5.60 Å². The van der Waals surface area contributed by atoms with E-state index in [0.29, 0.717) is 18.1 Å². The van der Waals surface area contributed by atoms with Crippen molar-refractivity contribution in [1.29, 1.82) is 0 Å². The molecule has 0 saturated heterocycles. The van der Waals surface area contributed by atoms with Crippen LogP contribution in [0.1, 0.15) is 19.4 Å². The van der Waals surface area contributed by atoms with Gasteiger partial charge in [-0.2, -0.15) is 13.2 Å². The Bertz CT molecular complexity index is 548. The van der Waals surface area contributed by atoms with Gasteiger partial charge in [-0.15, -0.1) is 0 Å². The quantitative estimate of drug-likeness (QED) is 0.584. The molecule has 0 aromatic carbocycles. The molecule has 24 heavy (non-hydrogen) atoms. The van der Waals surface area contributed by atoms with Gasteiger partial charge >= 0.3 is 6.18 Å². The van der Waals surface area contributed by atoms with Gasteiger partial charge in [0.1, 0.15) is 0 Å². The SMILES string of the molecule is CN=C(NCc1cccnc1OCC(F)(F)F)NCC(C)(C)OC. The fourth-order valence-electron chi connectivity index (χ4n) is 1.61. The molecule has 0 saturated carbocycles. The second-order valence-electron chi connectivity index (χ2n) is 5.61. The Hall–Kier alpha value is -2.03. The molecule has 9 heteroatoms. The molecule has 0 aliphatic heterocycles. The van der Waals surface area contributed by atoms with Gasteiger partial charge in [0.25, 0.3) is 0 Å². The first-order valence-corrected chi connectivity index (χ1v) is 7.30. The van der Waals surface area contributed by atoms with Crippen LogP contribution in [-0.4, -0.2) is 50.0 Å². The van der Waals surface area contributed by atoms with Crippen molar-refractivity contribution in [1.82, 2.24) is 15.6 Å². The predicted molar refractivity (Wildman–Crippen MR) is 85.1 cm³/mol. The molecule has 0 aliphatic carbocycles. The first kappa shape index (κ1) is 20.0. The molecule has 2 N–H and O–H groups in total. The Morgan fingerprint density at radius 3 is 2.58 bits per heavy atom. The van der Waals surface area contributed by atoms with Gasteiger partial charge in [-0.1, -0.05) is 6.07 Å². The number of guanidine groups is 1. The summed E-state index contributed by atoms with van der Waals surface area (Å²) in [7, 11) is 3.21. The summed E-state index contributed by atoms with van der Waals surface area (Å²) >= 11 is 0. The smallest absolute Gasteiger partial charge is 0.422 e. The van der Waals surface area contributed by atoms with E-state index in [1.807, 2.05) is 13.8 Å². The first-order chi connectivity index (χ1) is 11.2. The molecule has 1 aromatic heterocycles. The highest BCUT2D eigenvalue weighted by Crippen LogP contribution is 2.19. The molecule has 0 radical (unpaired) electrons. The average molecular weight is 348 g/mol. The molecular formula is C15H23F3N4O2. The lowest BCUT2D eigenvalue weighted by molar-refractivity contribution is -0.154. The van der Waals surface area contributed by atoms with Gasteiger partial charge in [-0.05, 0) is 19.9 Å². The zero-order chi connectivity index (χ0) is 18.2. The topological polar surface area (TPSA) is 67.8 Å². The van der Waals surface area contributed by atoms with E-state index in [0.717, 1.165) is 0 Å². The third-order valence-corrected chi connectivity index (χ3v) is 3.13. The molecule has 6 nitrogen and oxygen atoms in total. The molecule has 1 aromatic rings. The van der Waals surface area contributed by atoms with Crippen molar-refractivity contribution in [2.45, 2.75) is 32.2 Å². The summed E-state index contributed by atoms with van der Waals surface area (Å²) in [6, 6.07) is 3.26. The fraction of sp³-hybridized carbons (Fsp3) is 0.600. The van der Waals surface area contributed by atoms with E-state index in [2.05, 4.69) is 20.6 Å². The van der Waals surface area contributed by atoms with E-state index in [9.17, 15) is 13.2 Å². The first-order valence-electron chi connectivity index (χ1n) is 7.30. The van der Waals surface area contributed by atoms with Crippen LogP contribution in [0.25, 0.3) is 0 Å². The van der Waals surface area contributed by atoms with Crippen LogP contribution in [-0.2, 0) is 11.3 Å². The number of ether oxygens (including phenoxy) is 2. The maximum atomic E-state index is 12.3. The van der Waals surface area contributed by atoms with Crippen LogP contribution in [0.5, 0.6) is 5.88 Å². The van der Waals surface area contributed by atoms with Gasteiger partial charge in [0.15, 0.2) is 12.6 Å². The molecular weight excluding hydrogens is 325 g/mol. The number of pyridine rings is 1. The Labute approximate surface area is 139 Å². The van der Waals surface area contributed by atoms with E-state index in [1.165, 1.54) is 6.20 Å². The highest BCUT2D eigenvalue weighted by Gasteiger charge is 2.29. The van der Waals surface area contributed by atoms with Gasteiger partial charge in [-0.3, -0.25) is 4.99 Å². The summed E-state index contributed by atoms with van der Waals surface area (Å²) in [5.41, 5.74) is 0.114. The van der Waals surface area contributed by atoms with Gasteiger partial charge < -0.3 is 20.1 Å². The predicted octanol–water partition coefficient (Wildman–Crippen LogP) is 2.11. The van der Waals surface area contributed by atoms with E-state index >= 15 is 0 Å². The number of alkyl halides is 3. The van der Waals surface area contributed by atoms with Crippen molar-refractivity contribution in [3.8, 4) is 5.88 Å². The number of nitrogens with zero attached hydrogens (tertiary/aromatic N) is 2. The number of rotatable bonds is 7. The minimum absolute atomic E-state index is 0.0602. The van der Waals surface area contributed by atoms with Crippen LogP contribution in [0, 0.1) is 0 Å². The molecule has 0 fully saturated rings. The van der Waals surface area contributed by atoms with Crippen LogP contribution in [0.2, 0.25) is 0 Å². The number of hydrogen-bond donors (Lipinski definition) is 2. The number of aromatic nitrogens is 1. The number of nitrogens with one attached hydrogen (secondary N) is 2. The van der Waals surface area contributed by atoms with Crippen molar-refractivity contribution in [2.75, 3.05) is 27.3 Å². The highest BCUT2D eigenvalue weighted by molar-refractivity contribution is 5.79. The minimum atomic E-state index is -4.41. The Morgan fingerprint density at radius 1 is 1.29 bits per heavy atom. The Balaban J connectivity index is 2.62. The number of aliphatic imine (C=N–C) groups is 1. The summed E-state index contributed by atoms with van der Waals surface area (Å²) < 4.78 is 46.9. The summed E-state index contributed by atoms with van der Waals surface area (Å²) in [6.07, 6.45) is -3.03. The van der Waals surface area contributed by atoms with Gasteiger partial charge in [0, 0.05) is 39.0 Å². The molecule has 0 atom stereocenters. The largest absolute Gasteiger partial charge is 0.468 e. The lowest BCUT2D eigenvalue weighted by Crippen LogP contribution is -2.45. The van der Waals surface area contributed by atoms with Gasteiger partial charge in [0.2, 0.25) is 5.88 Å². The number of halogens is 3. The van der Waals surface area contributed by atoms with E-state index < -0.39 is 12.8 Å². The standard InChI is InChI=1S/C15H23F3N4O2/c1-14(2,23-4)9-22-13(19-3)21-8-11-6-5-7-20-12(11)24-10-15(16,17)18/h5-7H,8-10H2,1-4H3,(H2,19,21,22). The molecule has 0 aliphatic rings. The van der Waals surface area contributed by atoms with Crippen molar-refractivity contribution in [3.63, 3.8) is 0 Å². The minimum Gasteiger partial charge on any atom is -0.468 e. The Kier molecular flexibility index (Phi) is 7.27. The zero-order valence-electron chi connectivity index (χ0n) is 14.2. The highest BCUT2D eigenvalue weighted by atomic mass is 19.4. The summed E-state index contributed by atoms with van der Waals surface area (Å²) in [6.45, 7) is 3.17. The fourth-order valence-corrected chi connectivity index (χ4v) is 1.61. The molecule has 0 bridgehead atoms. The second kappa shape index (κ2) is 8.72. The number of methoxy groups -OCH3 is 1. The molecule has 0 unspecified atom stereocenters. The van der Waals surface area contributed by atoms with Crippen LogP contribution in [0.15, 0.2) is 23.3 Å². The normalized spacial score (nSPS) is 12.9. The molecule has 0 spiro atoms. The van der Waals surface area contributed by atoms with Crippen LogP contribution < -0.4 is 15.4 Å². The number of hydrogen-bond acceptors (Lipinski definition) is 4. The Morgan fingerprint density at radius 2 is 2.00 bits per heavy atom. The molecule has 1 rings (SSSR count). The summed E-state index contributed by atoms with van der Waals surface area (Å²) in [5, 5.41) is 6.08. The monoisotopic (exact) mass is 348 g/mol. The third kappa shape index (κ3) is 7.49. The second-order valence-corrected chi connectivity index (χ2v) is 5.61. The van der Waals surface area contributed by atoms with Gasteiger partial charge in [-0.25, -0.2) is 4.98 Å². The van der Waals surface area contributed by atoms with Crippen molar-refractivity contribution >= 4 is 5.96 Å². The van der Waals surface area contributed by atoms with Crippen LogP contribution >= 0.6 is 0 Å². The van der Waals surface area contributed by atoms with E-state index in [1.54, 1.807) is 26.3 Å². The van der Waals surface area contributed by atoms with Crippen molar-refractivity contribution in [2.24, 2.45) is 4.99 Å². The van der Waals surface area contributed by atoms with E-state index in [4.69, 9.17) is 9.47 Å².